The van der Waals surface area contributed by atoms with Gasteiger partial charge in [0.25, 0.3) is 5.91 Å². The van der Waals surface area contributed by atoms with Gasteiger partial charge < -0.3 is 4.74 Å². The van der Waals surface area contributed by atoms with Crippen molar-refractivity contribution >= 4 is 11.8 Å². The summed E-state index contributed by atoms with van der Waals surface area (Å²) in [4.78, 5) is 23.4. The number of ether oxygens (including phenoxy) is 1. The van der Waals surface area contributed by atoms with Crippen molar-refractivity contribution in [3.8, 4) is 0 Å². The summed E-state index contributed by atoms with van der Waals surface area (Å²) in [5.74, 6) is -0.389. The van der Waals surface area contributed by atoms with Gasteiger partial charge in [0.15, 0.2) is 0 Å². The second-order valence-electron chi connectivity index (χ2n) is 2.53. The molecule has 0 atom stereocenters. The van der Waals surface area contributed by atoms with Gasteiger partial charge in [-0.25, -0.2) is 0 Å². The van der Waals surface area contributed by atoms with Gasteiger partial charge in [0, 0.05) is 19.0 Å². The zero-order valence-electron chi connectivity index (χ0n) is 6.95. The molecule has 1 rings (SSSR count). The van der Waals surface area contributed by atoms with Crippen LogP contribution >= 0.6 is 0 Å². The first-order valence-electron chi connectivity index (χ1n) is 3.79. The summed E-state index contributed by atoms with van der Waals surface area (Å²) in [6.07, 6.45) is 3.77. The minimum Gasteiger partial charge on any atom is -0.504 e. The van der Waals surface area contributed by atoms with Gasteiger partial charge in [-0.2, -0.15) is 0 Å². The predicted molar refractivity (Wildman–Crippen MR) is 42.1 cm³/mol. The van der Waals surface area contributed by atoms with Crippen LogP contribution in [-0.2, 0) is 14.3 Å². The summed E-state index contributed by atoms with van der Waals surface area (Å²) >= 11 is 0. The van der Waals surface area contributed by atoms with Crippen LogP contribution in [0, 0.1) is 0 Å². The van der Waals surface area contributed by atoms with Gasteiger partial charge in [-0.3, -0.25) is 14.5 Å². The number of hydrogen-bond donors (Lipinski definition) is 0. The minimum absolute atomic E-state index is 0.0965. The fourth-order valence-electron chi connectivity index (χ4n) is 1.10. The minimum atomic E-state index is -0.292. The maximum atomic E-state index is 11.2. The van der Waals surface area contributed by atoms with E-state index in [4.69, 9.17) is 0 Å². The summed E-state index contributed by atoms with van der Waals surface area (Å²) in [7, 11) is 1.45. The number of amides is 2. The number of carbonyl (C=O) groups is 2. The zero-order chi connectivity index (χ0) is 8.97. The summed E-state index contributed by atoms with van der Waals surface area (Å²) in [6, 6.07) is 0. The highest BCUT2D eigenvalue weighted by Crippen LogP contribution is 2.09. The quantitative estimate of drug-likeness (QED) is 0.441. The molecule has 0 bridgehead atoms. The second kappa shape index (κ2) is 3.90. The number of carbonyl (C=O) groups excluding carboxylic acids is 2. The van der Waals surface area contributed by atoms with E-state index in [0.717, 1.165) is 6.42 Å². The maximum Gasteiger partial charge on any atom is 0.256 e. The molecular weight excluding hydrogens is 158 g/mol. The molecule has 0 unspecified atom stereocenters. The number of methoxy groups -OCH3 is 1. The molecule has 1 heterocycles. The first kappa shape index (κ1) is 8.77. The SMILES string of the molecule is CO/C=C/C(=O)N1CCCC1=O. The standard InChI is InChI=1S/C8H11NO3/c1-12-6-4-8(11)9-5-2-3-7(9)10/h4,6H,2-3,5H2,1H3/b6-4+. The summed E-state index contributed by atoms with van der Waals surface area (Å²) < 4.78 is 4.57. The van der Waals surface area contributed by atoms with Crippen LogP contribution in [-0.4, -0.2) is 30.4 Å². The molecule has 0 spiro atoms. The molecule has 0 radical (unpaired) electrons. The van der Waals surface area contributed by atoms with E-state index in [0.29, 0.717) is 13.0 Å². The van der Waals surface area contributed by atoms with Crippen LogP contribution < -0.4 is 0 Å². The third-order valence-electron chi connectivity index (χ3n) is 1.69. The van der Waals surface area contributed by atoms with Crippen molar-refractivity contribution in [2.24, 2.45) is 0 Å². The van der Waals surface area contributed by atoms with E-state index in [1.54, 1.807) is 0 Å². The molecule has 1 aliphatic heterocycles. The third-order valence-corrected chi connectivity index (χ3v) is 1.69. The zero-order valence-corrected chi connectivity index (χ0v) is 6.95. The average Bonchev–Trinajstić information content (AvgIpc) is 2.47. The van der Waals surface area contributed by atoms with Crippen molar-refractivity contribution in [3.05, 3.63) is 12.3 Å². The Morgan fingerprint density at radius 1 is 1.67 bits per heavy atom. The molecule has 0 aromatic rings. The Labute approximate surface area is 70.8 Å². The van der Waals surface area contributed by atoms with E-state index in [-0.39, 0.29) is 11.8 Å². The molecule has 0 saturated carbocycles. The Morgan fingerprint density at radius 3 is 2.92 bits per heavy atom. The van der Waals surface area contributed by atoms with Gasteiger partial charge in [0.1, 0.15) is 0 Å². The Hall–Kier alpha value is -1.32. The van der Waals surface area contributed by atoms with E-state index >= 15 is 0 Å². The highest BCUT2D eigenvalue weighted by atomic mass is 16.5. The van der Waals surface area contributed by atoms with E-state index in [1.165, 1.54) is 24.3 Å². The molecule has 66 valence electrons. The highest BCUT2D eigenvalue weighted by molar-refractivity contribution is 6.01. The van der Waals surface area contributed by atoms with Crippen LogP contribution in [0.1, 0.15) is 12.8 Å². The van der Waals surface area contributed by atoms with Crippen LogP contribution in [0.4, 0.5) is 0 Å². The van der Waals surface area contributed by atoms with Crippen LogP contribution in [0.3, 0.4) is 0 Å². The molecule has 1 fully saturated rings. The van der Waals surface area contributed by atoms with Crippen LogP contribution in [0.5, 0.6) is 0 Å². The molecule has 4 nitrogen and oxygen atoms in total. The van der Waals surface area contributed by atoms with E-state index < -0.39 is 0 Å². The first-order chi connectivity index (χ1) is 5.75. The van der Waals surface area contributed by atoms with E-state index in [9.17, 15) is 9.59 Å². The highest BCUT2D eigenvalue weighted by Gasteiger charge is 2.24. The van der Waals surface area contributed by atoms with Crippen LogP contribution in [0.2, 0.25) is 0 Å². The van der Waals surface area contributed by atoms with Crippen molar-refractivity contribution < 1.29 is 14.3 Å². The van der Waals surface area contributed by atoms with Gasteiger partial charge in [-0.15, -0.1) is 0 Å². The summed E-state index contributed by atoms with van der Waals surface area (Å²) in [5.41, 5.74) is 0. The lowest BCUT2D eigenvalue weighted by molar-refractivity contribution is -0.138. The molecule has 2 amide bonds. The molecule has 0 aliphatic carbocycles. The number of imide groups is 1. The molecule has 12 heavy (non-hydrogen) atoms. The molecule has 0 aromatic heterocycles. The number of nitrogens with zero attached hydrogens (tertiary/aromatic N) is 1. The summed E-state index contributed by atoms with van der Waals surface area (Å²) in [6.45, 7) is 0.533. The van der Waals surface area contributed by atoms with Gasteiger partial charge >= 0.3 is 0 Å². The van der Waals surface area contributed by atoms with Crippen molar-refractivity contribution in [3.63, 3.8) is 0 Å². The third kappa shape index (κ3) is 1.84. The Bertz CT molecular complexity index is 222. The largest absolute Gasteiger partial charge is 0.504 e. The molecule has 4 heteroatoms. The van der Waals surface area contributed by atoms with Crippen molar-refractivity contribution in [2.75, 3.05) is 13.7 Å². The molecule has 1 saturated heterocycles. The van der Waals surface area contributed by atoms with Crippen molar-refractivity contribution in [1.82, 2.24) is 4.90 Å². The van der Waals surface area contributed by atoms with Crippen LogP contribution in [0.25, 0.3) is 0 Å². The van der Waals surface area contributed by atoms with Gasteiger partial charge in [0.2, 0.25) is 5.91 Å². The van der Waals surface area contributed by atoms with Crippen LogP contribution in [0.15, 0.2) is 12.3 Å². The molecule has 0 aromatic carbocycles. The predicted octanol–water partition coefficient (Wildman–Crippen LogP) is 0.295. The number of likely N-dealkylation sites (tertiary alicyclic amines) is 1. The van der Waals surface area contributed by atoms with E-state index in [1.807, 2.05) is 0 Å². The summed E-state index contributed by atoms with van der Waals surface area (Å²) in [5, 5.41) is 0. The van der Waals surface area contributed by atoms with Gasteiger partial charge in [0.05, 0.1) is 13.4 Å². The van der Waals surface area contributed by atoms with Gasteiger partial charge in [-0.05, 0) is 6.42 Å². The second-order valence-corrected chi connectivity index (χ2v) is 2.53. The lowest BCUT2D eigenvalue weighted by atomic mass is 10.4. The lowest BCUT2D eigenvalue weighted by Crippen LogP contribution is -2.30. The molecule has 1 aliphatic rings. The smallest absolute Gasteiger partial charge is 0.256 e. The van der Waals surface area contributed by atoms with Gasteiger partial charge in [-0.1, -0.05) is 0 Å². The lowest BCUT2D eigenvalue weighted by Gasteiger charge is -2.09. The fourth-order valence-corrected chi connectivity index (χ4v) is 1.10. The molecule has 0 N–H and O–H groups in total. The maximum absolute atomic E-state index is 11.2. The number of hydrogen-bond acceptors (Lipinski definition) is 3. The van der Waals surface area contributed by atoms with Crippen molar-refractivity contribution in [1.29, 1.82) is 0 Å². The Morgan fingerprint density at radius 2 is 2.42 bits per heavy atom. The normalized spacial score (nSPS) is 17.4. The average molecular weight is 169 g/mol. The van der Waals surface area contributed by atoms with E-state index in [2.05, 4.69) is 4.74 Å². The topological polar surface area (TPSA) is 46.6 Å². The monoisotopic (exact) mass is 169 g/mol. The fraction of sp³-hybridized carbons (Fsp3) is 0.500. The number of rotatable bonds is 2. The molecular formula is C8H11NO3. The first-order valence-corrected chi connectivity index (χ1v) is 3.79. The van der Waals surface area contributed by atoms with Crippen molar-refractivity contribution in [2.45, 2.75) is 12.8 Å². The Balaban J connectivity index is 2.52. The Kier molecular flexibility index (Phi) is 2.85.